The van der Waals surface area contributed by atoms with Crippen LogP contribution >= 0.6 is 11.6 Å². The van der Waals surface area contributed by atoms with Gasteiger partial charge in [-0.3, -0.25) is 4.79 Å². The average Bonchev–Trinajstić information content (AvgIpc) is 2.11. The zero-order valence-electron chi connectivity index (χ0n) is 6.85. The Morgan fingerprint density at radius 1 is 1.64 bits per heavy atom. The molecule has 14 heavy (non-hydrogen) atoms. The first-order chi connectivity index (χ1) is 6.57. The molecule has 0 fully saturated rings. The van der Waals surface area contributed by atoms with Crippen LogP contribution in [0.5, 0.6) is 0 Å². The van der Waals surface area contributed by atoms with Gasteiger partial charge in [-0.05, 0) is 0 Å². The highest BCUT2D eigenvalue weighted by Crippen LogP contribution is 2.27. The number of rotatable bonds is 2. The fourth-order valence-corrected chi connectivity index (χ4v) is 1.30. The van der Waals surface area contributed by atoms with Crippen LogP contribution in [0.2, 0.25) is 5.02 Å². The molecule has 0 spiro atoms. The van der Waals surface area contributed by atoms with Crippen LogP contribution in [0.4, 0.5) is 8.78 Å². The van der Waals surface area contributed by atoms with E-state index in [-0.39, 0.29) is 17.0 Å². The number of aromatic nitrogens is 1. The third-order valence-electron chi connectivity index (χ3n) is 1.66. The summed E-state index contributed by atoms with van der Waals surface area (Å²) in [5.41, 5.74) is -1.53. The molecule has 0 aliphatic carbocycles. The van der Waals surface area contributed by atoms with E-state index in [2.05, 4.69) is 4.98 Å². The van der Waals surface area contributed by atoms with E-state index < -0.39 is 17.5 Å². The van der Waals surface area contributed by atoms with Gasteiger partial charge in [-0.25, -0.2) is 8.78 Å². The van der Waals surface area contributed by atoms with E-state index in [1.54, 1.807) is 6.07 Å². The summed E-state index contributed by atoms with van der Waals surface area (Å²) in [6, 6.07) is 1.64. The molecule has 6 heteroatoms. The van der Waals surface area contributed by atoms with Crippen molar-refractivity contribution in [3.63, 3.8) is 0 Å². The largest absolute Gasteiger partial charge is 0.327 e. The number of halogens is 3. The van der Waals surface area contributed by atoms with E-state index in [0.717, 1.165) is 6.20 Å². The van der Waals surface area contributed by atoms with Gasteiger partial charge in [-0.1, -0.05) is 11.6 Å². The average molecular weight is 219 g/mol. The molecule has 0 amide bonds. The molecule has 0 bridgehead atoms. The van der Waals surface area contributed by atoms with E-state index in [4.69, 9.17) is 16.9 Å². The third kappa shape index (κ3) is 1.91. The highest BCUT2D eigenvalue weighted by molar-refractivity contribution is 6.31. The van der Waals surface area contributed by atoms with Crippen molar-refractivity contribution in [2.75, 3.05) is 0 Å². The second kappa shape index (κ2) is 4.20. The number of H-pyrrole nitrogens is 1. The number of nitrogens with zero attached hydrogens (tertiary/aromatic N) is 1. The van der Waals surface area contributed by atoms with Crippen LogP contribution in [0.25, 0.3) is 0 Å². The van der Waals surface area contributed by atoms with Gasteiger partial charge >= 0.3 is 0 Å². The van der Waals surface area contributed by atoms with Gasteiger partial charge in [0.05, 0.1) is 17.5 Å². The summed E-state index contributed by atoms with van der Waals surface area (Å²) in [5.74, 6) is 0. The first-order valence-electron chi connectivity index (χ1n) is 3.63. The first-order valence-corrected chi connectivity index (χ1v) is 4.00. The standard InChI is InChI=1S/C8H5ClF2N2O/c9-5-3-13-8(14)4(1-2-12)6(5)7(10)11/h3,7H,1H2,(H,13,14). The van der Waals surface area contributed by atoms with Crippen molar-refractivity contribution < 1.29 is 8.78 Å². The number of aromatic amines is 1. The molecule has 3 nitrogen and oxygen atoms in total. The van der Waals surface area contributed by atoms with E-state index in [1.165, 1.54) is 0 Å². The van der Waals surface area contributed by atoms with Crippen LogP contribution < -0.4 is 5.56 Å². The second-order valence-electron chi connectivity index (χ2n) is 2.49. The molecule has 1 aromatic rings. The molecule has 1 N–H and O–H groups in total. The van der Waals surface area contributed by atoms with Gasteiger partial charge in [0, 0.05) is 17.3 Å². The molecule has 1 aromatic heterocycles. The fourth-order valence-electron chi connectivity index (χ4n) is 1.05. The van der Waals surface area contributed by atoms with Crippen molar-refractivity contribution in [1.82, 2.24) is 4.98 Å². The first kappa shape index (κ1) is 10.7. The predicted octanol–water partition coefficient (Wildman–Crippen LogP) is 2.03. The highest BCUT2D eigenvalue weighted by atomic mass is 35.5. The molecule has 1 rings (SSSR count). The van der Waals surface area contributed by atoms with Crippen LogP contribution in [-0.2, 0) is 6.42 Å². The number of pyridine rings is 1. The van der Waals surface area contributed by atoms with Gasteiger partial charge < -0.3 is 4.98 Å². The van der Waals surface area contributed by atoms with E-state index in [9.17, 15) is 13.6 Å². The topological polar surface area (TPSA) is 56.6 Å². The molecular formula is C8H5ClF2N2O. The van der Waals surface area contributed by atoms with Gasteiger partial charge in [0.15, 0.2) is 0 Å². The third-order valence-corrected chi connectivity index (χ3v) is 1.97. The smallest absolute Gasteiger partial charge is 0.265 e. The van der Waals surface area contributed by atoms with Crippen molar-refractivity contribution in [2.24, 2.45) is 0 Å². The molecule has 0 aliphatic rings. The number of nitrogens with one attached hydrogen (secondary N) is 1. The van der Waals surface area contributed by atoms with Crippen molar-refractivity contribution >= 4 is 11.6 Å². The number of hydrogen-bond donors (Lipinski definition) is 1. The van der Waals surface area contributed by atoms with Crippen molar-refractivity contribution in [2.45, 2.75) is 12.8 Å². The molecule has 1 heterocycles. The Kier molecular flexibility index (Phi) is 3.20. The fraction of sp³-hybridized carbons (Fsp3) is 0.250. The Balaban J connectivity index is 3.43. The van der Waals surface area contributed by atoms with Crippen molar-refractivity contribution in [1.29, 1.82) is 5.26 Å². The molecule has 0 saturated carbocycles. The maximum Gasteiger partial charge on any atom is 0.265 e. The zero-order valence-corrected chi connectivity index (χ0v) is 7.61. The Labute approximate surface area is 82.9 Å². The maximum absolute atomic E-state index is 12.4. The number of hydrogen-bond acceptors (Lipinski definition) is 2. The molecule has 0 radical (unpaired) electrons. The van der Waals surface area contributed by atoms with Gasteiger partial charge in [-0.15, -0.1) is 0 Å². The summed E-state index contributed by atoms with van der Waals surface area (Å²) in [6.45, 7) is 0. The summed E-state index contributed by atoms with van der Waals surface area (Å²) >= 11 is 5.47. The lowest BCUT2D eigenvalue weighted by atomic mass is 10.1. The van der Waals surface area contributed by atoms with Crippen LogP contribution in [0.1, 0.15) is 17.6 Å². The van der Waals surface area contributed by atoms with E-state index >= 15 is 0 Å². The summed E-state index contributed by atoms with van der Waals surface area (Å²) < 4.78 is 24.9. The summed E-state index contributed by atoms with van der Waals surface area (Å²) in [4.78, 5) is 13.3. The van der Waals surface area contributed by atoms with Gasteiger partial charge in [-0.2, -0.15) is 5.26 Å². The molecule has 0 aliphatic heterocycles. The van der Waals surface area contributed by atoms with Gasteiger partial charge in [0.2, 0.25) is 0 Å². The predicted molar refractivity (Wildman–Crippen MR) is 46.3 cm³/mol. The summed E-state index contributed by atoms with van der Waals surface area (Å²) in [7, 11) is 0. The van der Waals surface area contributed by atoms with Crippen LogP contribution in [0.3, 0.4) is 0 Å². The Morgan fingerprint density at radius 3 is 2.79 bits per heavy atom. The minimum atomic E-state index is -2.85. The molecule has 0 unspecified atom stereocenters. The minimum Gasteiger partial charge on any atom is -0.327 e. The maximum atomic E-state index is 12.4. The number of nitriles is 1. The van der Waals surface area contributed by atoms with Crippen LogP contribution in [0, 0.1) is 11.3 Å². The molecule has 0 aromatic carbocycles. The second-order valence-corrected chi connectivity index (χ2v) is 2.90. The van der Waals surface area contributed by atoms with Gasteiger partial charge in [0.1, 0.15) is 0 Å². The zero-order chi connectivity index (χ0) is 10.7. The lowest BCUT2D eigenvalue weighted by molar-refractivity contribution is 0.150. The number of alkyl halides is 2. The van der Waals surface area contributed by atoms with E-state index in [0.29, 0.717) is 0 Å². The van der Waals surface area contributed by atoms with Crippen molar-refractivity contribution in [3.8, 4) is 6.07 Å². The van der Waals surface area contributed by atoms with Crippen molar-refractivity contribution in [3.05, 3.63) is 32.7 Å². The molecular weight excluding hydrogens is 214 g/mol. The monoisotopic (exact) mass is 218 g/mol. The minimum absolute atomic E-state index is 0.232. The molecule has 74 valence electrons. The Hall–Kier alpha value is -1.41. The Bertz CT molecular complexity index is 436. The lowest BCUT2D eigenvalue weighted by Crippen LogP contribution is -2.15. The normalized spacial score (nSPS) is 10.2. The van der Waals surface area contributed by atoms with E-state index in [1.807, 2.05) is 0 Å². The SMILES string of the molecule is N#CCc1c(C(F)F)c(Cl)c[nH]c1=O. The van der Waals surface area contributed by atoms with Gasteiger partial charge in [0.25, 0.3) is 12.0 Å². The lowest BCUT2D eigenvalue weighted by Gasteiger charge is -2.06. The summed E-state index contributed by atoms with van der Waals surface area (Å²) in [6.07, 6.45) is -2.24. The molecule has 0 saturated heterocycles. The quantitative estimate of drug-likeness (QED) is 0.826. The van der Waals surface area contributed by atoms with Crippen LogP contribution in [-0.4, -0.2) is 4.98 Å². The summed E-state index contributed by atoms with van der Waals surface area (Å²) in [5, 5.41) is 8.12. The Morgan fingerprint density at radius 2 is 2.29 bits per heavy atom. The molecule has 0 atom stereocenters. The highest BCUT2D eigenvalue weighted by Gasteiger charge is 2.19. The van der Waals surface area contributed by atoms with Crippen LogP contribution in [0.15, 0.2) is 11.0 Å².